The summed E-state index contributed by atoms with van der Waals surface area (Å²) in [6, 6.07) is 12.7. The quantitative estimate of drug-likeness (QED) is 0.342. The Hall–Kier alpha value is -2.35. The second-order valence-corrected chi connectivity index (χ2v) is 11.1. The molecule has 0 unspecified atom stereocenters. The van der Waals surface area contributed by atoms with Crippen LogP contribution in [0.2, 0.25) is 0 Å². The molecule has 1 aliphatic carbocycles. The zero-order chi connectivity index (χ0) is 23.7. The van der Waals surface area contributed by atoms with Crippen molar-refractivity contribution in [2.24, 2.45) is 5.92 Å². The molecule has 0 radical (unpaired) electrons. The number of fused-ring (bicyclic) bond motifs is 1. The molecule has 0 saturated carbocycles. The highest BCUT2D eigenvalue weighted by Gasteiger charge is 2.37. The van der Waals surface area contributed by atoms with Gasteiger partial charge in [0, 0.05) is 0 Å². The number of ether oxygens (including phenoxy) is 1. The smallest absolute Gasteiger partial charge is 0.337 e. The normalized spacial score (nSPS) is 17.2. The van der Waals surface area contributed by atoms with Gasteiger partial charge in [-0.3, -0.25) is 0 Å². The third-order valence-electron chi connectivity index (χ3n) is 7.10. The summed E-state index contributed by atoms with van der Waals surface area (Å²) in [5.41, 5.74) is 9.36. The summed E-state index contributed by atoms with van der Waals surface area (Å²) in [6.45, 7) is 16.4. The Kier molecular flexibility index (Phi) is 7.03. The summed E-state index contributed by atoms with van der Waals surface area (Å²) in [5.74, 6) is 0.305. The average molecular weight is 433 g/mol. The van der Waals surface area contributed by atoms with Crippen LogP contribution in [0.25, 0.3) is 11.6 Å². The molecule has 0 aromatic heterocycles. The van der Waals surface area contributed by atoms with Gasteiger partial charge in [0.05, 0.1) is 12.7 Å². The maximum atomic E-state index is 11.8. The van der Waals surface area contributed by atoms with Crippen LogP contribution in [-0.2, 0) is 22.0 Å². The summed E-state index contributed by atoms with van der Waals surface area (Å²) in [5, 5.41) is 0. The van der Waals surface area contributed by atoms with Crippen molar-refractivity contribution in [1.82, 2.24) is 0 Å². The molecule has 2 heteroatoms. The summed E-state index contributed by atoms with van der Waals surface area (Å²) in [7, 11) is 1.42. The van der Waals surface area contributed by atoms with Gasteiger partial charge < -0.3 is 4.74 Å². The topological polar surface area (TPSA) is 26.3 Å². The van der Waals surface area contributed by atoms with E-state index in [1.807, 2.05) is 24.3 Å². The van der Waals surface area contributed by atoms with Crippen molar-refractivity contribution in [2.45, 2.75) is 85.0 Å². The minimum absolute atomic E-state index is 0.191. The highest BCUT2D eigenvalue weighted by Crippen LogP contribution is 2.47. The lowest BCUT2D eigenvalue weighted by Gasteiger charge is -2.42. The Labute approximate surface area is 195 Å². The lowest BCUT2D eigenvalue weighted by molar-refractivity contribution is 0.0600. The lowest BCUT2D eigenvalue weighted by Crippen LogP contribution is -2.34. The SMILES string of the molecule is CCC(=Cc1ccc(C(=O)OC)cc1)c1cc2c(cc1CC(C)C)C(C)(C)CCC2(C)C. The van der Waals surface area contributed by atoms with Gasteiger partial charge in [0.25, 0.3) is 0 Å². The van der Waals surface area contributed by atoms with Crippen LogP contribution < -0.4 is 0 Å². The van der Waals surface area contributed by atoms with E-state index in [4.69, 9.17) is 4.74 Å². The maximum Gasteiger partial charge on any atom is 0.337 e. The number of esters is 1. The molecule has 0 atom stereocenters. The highest BCUT2D eigenvalue weighted by molar-refractivity contribution is 5.90. The van der Waals surface area contributed by atoms with Gasteiger partial charge in [0.2, 0.25) is 0 Å². The first-order valence-electron chi connectivity index (χ1n) is 12.1. The number of hydrogen-bond acceptors (Lipinski definition) is 2. The predicted octanol–water partition coefficient (Wildman–Crippen LogP) is 7.97. The van der Waals surface area contributed by atoms with E-state index in [1.54, 1.807) is 0 Å². The first-order chi connectivity index (χ1) is 15.0. The van der Waals surface area contributed by atoms with Crippen LogP contribution >= 0.6 is 0 Å². The number of carbonyl (C=O) groups is 1. The molecular weight excluding hydrogens is 392 g/mol. The Balaban J connectivity index is 2.15. The van der Waals surface area contributed by atoms with Gasteiger partial charge in [-0.25, -0.2) is 4.79 Å². The van der Waals surface area contributed by atoms with Gasteiger partial charge in [-0.05, 0) is 88.0 Å². The molecule has 1 aliphatic rings. The third kappa shape index (κ3) is 5.00. The Morgan fingerprint density at radius 2 is 1.56 bits per heavy atom. The van der Waals surface area contributed by atoms with Crippen molar-refractivity contribution >= 4 is 17.6 Å². The van der Waals surface area contributed by atoms with E-state index < -0.39 is 0 Å². The Morgan fingerprint density at radius 3 is 2.06 bits per heavy atom. The first-order valence-corrected chi connectivity index (χ1v) is 12.1. The molecule has 172 valence electrons. The number of hydrogen-bond donors (Lipinski definition) is 0. The minimum Gasteiger partial charge on any atom is -0.465 e. The maximum absolute atomic E-state index is 11.8. The molecule has 2 nitrogen and oxygen atoms in total. The van der Waals surface area contributed by atoms with Gasteiger partial charge in [0.1, 0.15) is 0 Å². The number of carbonyl (C=O) groups excluding carboxylic acids is 1. The third-order valence-corrected chi connectivity index (χ3v) is 7.10. The number of methoxy groups -OCH3 is 1. The lowest BCUT2D eigenvalue weighted by atomic mass is 9.62. The summed E-state index contributed by atoms with van der Waals surface area (Å²) in [6.07, 6.45) is 6.78. The van der Waals surface area contributed by atoms with Gasteiger partial charge in [-0.15, -0.1) is 0 Å². The van der Waals surface area contributed by atoms with E-state index in [1.165, 1.54) is 47.8 Å². The van der Waals surface area contributed by atoms with E-state index in [-0.39, 0.29) is 16.8 Å². The molecular formula is C30H40O2. The standard InChI is InChI=1S/C30H40O2/c1-9-22(17-21-10-12-23(13-11-21)28(31)32-8)25-19-27-26(18-24(25)16-20(2)3)29(4,5)14-15-30(27,6)7/h10-13,17-20H,9,14-16H2,1-8H3. The van der Waals surface area contributed by atoms with E-state index >= 15 is 0 Å². The molecule has 3 rings (SSSR count). The molecule has 0 amide bonds. The van der Waals surface area contributed by atoms with Crippen LogP contribution in [0.3, 0.4) is 0 Å². The average Bonchev–Trinajstić information content (AvgIpc) is 2.75. The van der Waals surface area contributed by atoms with E-state index in [0.717, 1.165) is 18.4 Å². The molecule has 0 aliphatic heterocycles. The van der Waals surface area contributed by atoms with Gasteiger partial charge >= 0.3 is 5.97 Å². The van der Waals surface area contributed by atoms with Crippen LogP contribution in [-0.4, -0.2) is 13.1 Å². The van der Waals surface area contributed by atoms with Crippen LogP contribution in [0.15, 0.2) is 36.4 Å². The predicted molar refractivity (Wildman–Crippen MR) is 136 cm³/mol. The first kappa shape index (κ1) is 24.3. The number of benzene rings is 2. The fourth-order valence-electron chi connectivity index (χ4n) is 4.97. The van der Waals surface area contributed by atoms with Crippen molar-refractivity contribution in [3.63, 3.8) is 0 Å². The molecule has 0 heterocycles. The summed E-state index contributed by atoms with van der Waals surface area (Å²) in [4.78, 5) is 11.8. The van der Waals surface area contributed by atoms with Crippen LogP contribution in [0.1, 0.15) is 106 Å². The van der Waals surface area contributed by atoms with Gasteiger partial charge in [-0.2, -0.15) is 0 Å². The second kappa shape index (κ2) is 9.25. The van der Waals surface area contributed by atoms with Gasteiger partial charge in [0.15, 0.2) is 0 Å². The van der Waals surface area contributed by atoms with E-state index in [2.05, 4.69) is 66.7 Å². The van der Waals surface area contributed by atoms with Crippen molar-refractivity contribution in [2.75, 3.05) is 7.11 Å². The number of rotatable bonds is 6. The van der Waals surface area contributed by atoms with Crippen molar-refractivity contribution in [1.29, 1.82) is 0 Å². The van der Waals surface area contributed by atoms with Crippen molar-refractivity contribution < 1.29 is 9.53 Å². The van der Waals surface area contributed by atoms with Crippen molar-refractivity contribution in [3.05, 3.63) is 69.8 Å². The minimum atomic E-state index is -0.296. The Morgan fingerprint density at radius 1 is 1.00 bits per heavy atom. The zero-order valence-electron chi connectivity index (χ0n) is 21.3. The zero-order valence-corrected chi connectivity index (χ0v) is 21.3. The van der Waals surface area contributed by atoms with E-state index in [0.29, 0.717) is 11.5 Å². The van der Waals surface area contributed by atoms with Gasteiger partial charge in [-0.1, -0.05) is 78.8 Å². The fourth-order valence-corrected chi connectivity index (χ4v) is 4.97. The molecule has 2 aromatic rings. The van der Waals surface area contributed by atoms with Crippen LogP contribution in [0.4, 0.5) is 0 Å². The molecule has 2 aromatic carbocycles. The second-order valence-electron chi connectivity index (χ2n) is 11.1. The molecule has 32 heavy (non-hydrogen) atoms. The number of allylic oxidation sites excluding steroid dienone is 1. The molecule has 0 fully saturated rings. The highest BCUT2D eigenvalue weighted by atomic mass is 16.5. The summed E-state index contributed by atoms with van der Waals surface area (Å²) >= 11 is 0. The molecule has 0 bridgehead atoms. The molecule has 0 spiro atoms. The van der Waals surface area contributed by atoms with E-state index in [9.17, 15) is 4.79 Å². The fraction of sp³-hybridized carbons (Fsp3) is 0.500. The van der Waals surface area contributed by atoms with Crippen LogP contribution in [0.5, 0.6) is 0 Å². The molecule has 0 N–H and O–H groups in total. The summed E-state index contributed by atoms with van der Waals surface area (Å²) < 4.78 is 4.84. The van der Waals surface area contributed by atoms with Crippen LogP contribution in [0, 0.1) is 5.92 Å². The largest absolute Gasteiger partial charge is 0.465 e. The molecule has 0 saturated heterocycles. The van der Waals surface area contributed by atoms with Crippen molar-refractivity contribution in [3.8, 4) is 0 Å². The monoisotopic (exact) mass is 432 g/mol. The Bertz CT molecular complexity index is 1000.